The second kappa shape index (κ2) is 5.18. The largest absolute Gasteiger partial charge is 0.398 e. The lowest BCUT2D eigenvalue weighted by Gasteiger charge is -2.23. The first kappa shape index (κ1) is 12.6. The van der Waals surface area contributed by atoms with Gasteiger partial charge >= 0.3 is 0 Å². The van der Waals surface area contributed by atoms with E-state index >= 15 is 0 Å². The predicted octanol–water partition coefficient (Wildman–Crippen LogP) is 4.22. The number of halogens is 1. The van der Waals surface area contributed by atoms with Gasteiger partial charge in [-0.3, -0.25) is 0 Å². The van der Waals surface area contributed by atoms with Crippen LogP contribution in [-0.2, 0) is 0 Å². The molecule has 1 fully saturated rings. The Hall–Kier alpha value is -0.890. The first-order valence-electron chi connectivity index (χ1n) is 6.40. The van der Waals surface area contributed by atoms with Crippen LogP contribution in [0.15, 0.2) is 12.1 Å². The van der Waals surface area contributed by atoms with Crippen molar-refractivity contribution in [3.63, 3.8) is 0 Å². The van der Waals surface area contributed by atoms with E-state index in [1.54, 1.807) is 0 Å². The minimum Gasteiger partial charge on any atom is -0.398 e. The molecule has 1 aromatic rings. The molecule has 1 atom stereocenters. The predicted molar refractivity (Wildman–Crippen MR) is 75.6 cm³/mol. The number of rotatable bonds is 3. The zero-order valence-corrected chi connectivity index (χ0v) is 11.3. The zero-order valence-electron chi connectivity index (χ0n) is 10.6. The van der Waals surface area contributed by atoms with Gasteiger partial charge in [0.1, 0.15) is 0 Å². The molecule has 0 heterocycles. The van der Waals surface area contributed by atoms with Crippen LogP contribution in [0.2, 0.25) is 5.02 Å². The van der Waals surface area contributed by atoms with E-state index in [0.717, 1.165) is 17.2 Å². The highest BCUT2D eigenvalue weighted by Gasteiger charge is 2.21. The smallest absolute Gasteiger partial charge is 0.0656 e. The number of hydrogen-bond acceptors (Lipinski definition) is 2. The van der Waals surface area contributed by atoms with Gasteiger partial charge in [0, 0.05) is 11.7 Å². The van der Waals surface area contributed by atoms with Crippen molar-refractivity contribution in [1.29, 1.82) is 0 Å². The fourth-order valence-electron chi connectivity index (χ4n) is 2.68. The molecule has 1 aromatic carbocycles. The molecule has 1 aliphatic carbocycles. The van der Waals surface area contributed by atoms with Crippen LogP contribution in [-0.4, -0.2) is 6.04 Å². The van der Waals surface area contributed by atoms with Gasteiger partial charge in [0.25, 0.3) is 0 Å². The fraction of sp³-hybridized carbons (Fsp3) is 0.571. The van der Waals surface area contributed by atoms with E-state index in [-0.39, 0.29) is 0 Å². The molecule has 94 valence electrons. The lowest BCUT2D eigenvalue weighted by Crippen LogP contribution is -2.24. The third kappa shape index (κ3) is 2.86. The molecule has 0 amide bonds. The lowest BCUT2D eigenvalue weighted by molar-refractivity contribution is 0.482. The summed E-state index contributed by atoms with van der Waals surface area (Å²) in [5, 5.41) is 4.22. The van der Waals surface area contributed by atoms with E-state index in [1.807, 2.05) is 12.1 Å². The molecule has 2 nitrogen and oxygen atoms in total. The summed E-state index contributed by atoms with van der Waals surface area (Å²) in [6.07, 6.45) is 5.43. The van der Waals surface area contributed by atoms with Gasteiger partial charge in [-0.2, -0.15) is 0 Å². The number of aryl methyl sites for hydroxylation is 1. The van der Waals surface area contributed by atoms with Gasteiger partial charge in [0.2, 0.25) is 0 Å². The summed E-state index contributed by atoms with van der Waals surface area (Å²) in [6, 6.07) is 4.39. The van der Waals surface area contributed by atoms with Crippen LogP contribution >= 0.6 is 11.6 Å². The van der Waals surface area contributed by atoms with Gasteiger partial charge in [0.15, 0.2) is 0 Å². The first-order chi connectivity index (χ1) is 8.08. The van der Waals surface area contributed by atoms with Gasteiger partial charge < -0.3 is 11.1 Å². The summed E-state index contributed by atoms with van der Waals surface area (Å²) in [7, 11) is 0. The molecule has 0 saturated heterocycles. The average molecular weight is 253 g/mol. The summed E-state index contributed by atoms with van der Waals surface area (Å²) in [5.41, 5.74) is 8.72. The van der Waals surface area contributed by atoms with Crippen molar-refractivity contribution in [1.82, 2.24) is 0 Å². The van der Waals surface area contributed by atoms with Crippen LogP contribution in [0.3, 0.4) is 0 Å². The number of hydrogen-bond donors (Lipinski definition) is 2. The zero-order chi connectivity index (χ0) is 12.4. The summed E-state index contributed by atoms with van der Waals surface area (Å²) >= 11 is 6.06. The molecule has 17 heavy (non-hydrogen) atoms. The van der Waals surface area contributed by atoms with Crippen molar-refractivity contribution in [2.24, 2.45) is 5.92 Å². The number of nitrogen functional groups attached to an aromatic ring is 1. The Morgan fingerprint density at radius 1 is 1.35 bits per heavy atom. The number of nitrogens with one attached hydrogen (secondary N) is 1. The molecule has 0 spiro atoms. The topological polar surface area (TPSA) is 38.0 Å². The quantitative estimate of drug-likeness (QED) is 0.791. The molecule has 1 unspecified atom stereocenters. The summed E-state index contributed by atoms with van der Waals surface area (Å²) in [4.78, 5) is 0. The Bertz CT molecular complexity index is 397. The normalized spacial score (nSPS) is 18.3. The van der Waals surface area contributed by atoms with Gasteiger partial charge in [-0.05, 0) is 50.3 Å². The minimum absolute atomic E-state index is 0.510. The molecule has 1 saturated carbocycles. The van der Waals surface area contributed by atoms with E-state index in [1.165, 1.54) is 25.7 Å². The summed E-state index contributed by atoms with van der Waals surface area (Å²) in [5.74, 6) is 0.797. The third-order valence-corrected chi connectivity index (χ3v) is 4.16. The van der Waals surface area contributed by atoms with Crippen molar-refractivity contribution in [3.8, 4) is 0 Å². The molecule has 0 aromatic heterocycles. The molecule has 3 N–H and O–H groups in total. The summed E-state index contributed by atoms with van der Waals surface area (Å²) in [6.45, 7) is 4.33. The van der Waals surface area contributed by atoms with Gasteiger partial charge in [-0.15, -0.1) is 0 Å². The van der Waals surface area contributed by atoms with Gasteiger partial charge in [-0.25, -0.2) is 0 Å². The second-order valence-electron chi connectivity index (χ2n) is 5.17. The van der Waals surface area contributed by atoms with E-state index < -0.39 is 0 Å². The molecule has 0 bridgehead atoms. The van der Waals surface area contributed by atoms with Crippen molar-refractivity contribution < 1.29 is 0 Å². The maximum Gasteiger partial charge on any atom is 0.0656 e. The number of anilines is 2. The van der Waals surface area contributed by atoms with Crippen LogP contribution in [0.1, 0.15) is 38.2 Å². The molecular formula is C14H21ClN2. The molecule has 3 heteroatoms. The number of benzene rings is 1. The first-order valence-corrected chi connectivity index (χ1v) is 6.78. The standard InChI is InChI=1S/C14H21ClN2/c1-9-7-13(16)12(15)8-14(9)17-10(2)11-5-3-4-6-11/h7-8,10-11,17H,3-6,16H2,1-2H3. The molecule has 2 rings (SSSR count). The Labute approximate surface area is 109 Å². The Morgan fingerprint density at radius 2 is 2.00 bits per heavy atom. The summed E-state index contributed by atoms with van der Waals surface area (Å²) < 4.78 is 0. The Balaban J connectivity index is 2.09. The van der Waals surface area contributed by atoms with Crippen LogP contribution in [0.25, 0.3) is 0 Å². The fourth-order valence-corrected chi connectivity index (χ4v) is 2.84. The van der Waals surface area contributed by atoms with Crippen LogP contribution < -0.4 is 11.1 Å². The van der Waals surface area contributed by atoms with E-state index in [0.29, 0.717) is 16.8 Å². The van der Waals surface area contributed by atoms with Crippen molar-refractivity contribution in [2.75, 3.05) is 11.1 Å². The van der Waals surface area contributed by atoms with Crippen LogP contribution in [0, 0.1) is 12.8 Å². The molecule has 0 aliphatic heterocycles. The van der Waals surface area contributed by atoms with Crippen molar-refractivity contribution >= 4 is 23.0 Å². The lowest BCUT2D eigenvalue weighted by atomic mass is 9.99. The third-order valence-electron chi connectivity index (χ3n) is 3.83. The SMILES string of the molecule is Cc1cc(N)c(Cl)cc1NC(C)C1CCCC1. The van der Waals surface area contributed by atoms with Crippen LogP contribution in [0.4, 0.5) is 11.4 Å². The highest BCUT2D eigenvalue weighted by atomic mass is 35.5. The highest BCUT2D eigenvalue weighted by Crippen LogP contribution is 2.32. The van der Waals surface area contributed by atoms with Gasteiger partial charge in [0.05, 0.1) is 10.7 Å². The van der Waals surface area contributed by atoms with E-state index in [2.05, 4.69) is 19.2 Å². The average Bonchev–Trinajstić information content (AvgIpc) is 2.79. The van der Waals surface area contributed by atoms with E-state index in [9.17, 15) is 0 Å². The second-order valence-corrected chi connectivity index (χ2v) is 5.57. The molecule has 1 aliphatic rings. The maximum absolute atomic E-state index is 6.06. The van der Waals surface area contributed by atoms with Crippen LogP contribution in [0.5, 0.6) is 0 Å². The van der Waals surface area contributed by atoms with Gasteiger partial charge in [-0.1, -0.05) is 24.4 Å². The van der Waals surface area contributed by atoms with Crippen molar-refractivity contribution in [2.45, 2.75) is 45.6 Å². The Morgan fingerprint density at radius 3 is 2.65 bits per heavy atom. The van der Waals surface area contributed by atoms with Crippen molar-refractivity contribution in [3.05, 3.63) is 22.7 Å². The minimum atomic E-state index is 0.510. The van der Waals surface area contributed by atoms with E-state index in [4.69, 9.17) is 17.3 Å². The highest BCUT2D eigenvalue weighted by molar-refractivity contribution is 6.33. The maximum atomic E-state index is 6.06. The number of nitrogens with two attached hydrogens (primary N) is 1. The monoisotopic (exact) mass is 252 g/mol. The molecule has 0 radical (unpaired) electrons. The Kier molecular flexibility index (Phi) is 3.82. The molecular weight excluding hydrogens is 232 g/mol.